The fourth-order valence-electron chi connectivity index (χ4n) is 2.75. The highest BCUT2D eigenvalue weighted by atomic mass is 32.1. The van der Waals surface area contributed by atoms with Crippen molar-refractivity contribution in [2.24, 2.45) is 5.92 Å². The number of pyridine rings is 1. The monoisotopic (exact) mass is 287 g/mol. The molecule has 20 heavy (non-hydrogen) atoms. The molecule has 0 N–H and O–H groups in total. The van der Waals surface area contributed by atoms with E-state index in [0.717, 1.165) is 25.9 Å². The van der Waals surface area contributed by atoms with Crippen molar-refractivity contribution < 1.29 is 4.79 Å². The minimum Gasteiger partial charge on any atom is -0.337 e. The van der Waals surface area contributed by atoms with Gasteiger partial charge in [-0.3, -0.25) is 9.78 Å². The summed E-state index contributed by atoms with van der Waals surface area (Å²) in [7, 11) is 0. The molecule has 3 rings (SSSR count). The third-order valence-electron chi connectivity index (χ3n) is 3.70. The Hall–Kier alpha value is -1.75. The lowest BCUT2D eigenvalue weighted by atomic mass is 9.92. The third kappa shape index (κ3) is 3.04. The van der Waals surface area contributed by atoms with Crippen molar-refractivity contribution in [2.75, 3.05) is 13.1 Å². The first-order chi connectivity index (χ1) is 9.83. The molecule has 1 fully saturated rings. The lowest BCUT2D eigenvalue weighted by molar-refractivity contribution is 0.0668. The van der Waals surface area contributed by atoms with E-state index < -0.39 is 0 Å². The van der Waals surface area contributed by atoms with Gasteiger partial charge in [-0.1, -0.05) is 6.07 Å². The summed E-state index contributed by atoms with van der Waals surface area (Å²) < 4.78 is 0. The third-order valence-corrected chi connectivity index (χ3v) is 4.29. The van der Waals surface area contributed by atoms with Crippen molar-refractivity contribution in [3.05, 3.63) is 46.7 Å². The lowest BCUT2D eigenvalue weighted by Gasteiger charge is -2.32. The first kappa shape index (κ1) is 13.2. The number of thiazole rings is 1. The Kier molecular flexibility index (Phi) is 4.06. The van der Waals surface area contributed by atoms with Crippen molar-refractivity contribution in [3.63, 3.8) is 0 Å². The van der Waals surface area contributed by atoms with E-state index in [4.69, 9.17) is 0 Å². The van der Waals surface area contributed by atoms with Gasteiger partial charge in [0.25, 0.3) is 5.91 Å². The summed E-state index contributed by atoms with van der Waals surface area (Å²) in [6.45, 7) is 1.67. The molecular formula is C15H17N3OS. The fraction of sp³-hybridized carbons (Fsp3) is 0.400. The average Bonchev–Trinajstić information content (AvgIpc) is 3.02. The predicted molar refractivity (Wildman–Crippen MR) is 78.7 cm³/mol. The van der Waals surface area contributed by atoms with Crippen molar-refractivity contribution in [1.29, 1.82) is 0 Å². The first-order valence-electron chi connectivity index (χ1n) is 6.89. The molecule has 1 amide bonds. The second kappa shape index (κ2) is 6.13. The second-order valence-electron chi connectivity index (χ2n) is 5.20. The molecule has 0 bridgehead atoms. The number of likely N-dealkylation sites (tertiary alicyclic amines) is 1. The minimum absolute atomic E-state index is 0.0714. The van der Waals surface area contributed by atoms with E-state index in [1.165, 1.54) is 23.3 Å². The molecule has 0 radical (unpaired) electrons. The topological polar surface area (TPSA) is 46.1 Å². The van der Waals surface area contributed by atoms with E-state index in [0.29, 0.717) is 11.6 Å². The molecule has 1 aliphatic rings. The van der Waals surface area contributed by atoms with E-state index in [1.54, 1.807) is 11.7 Å². The number of piperidine rings is 1. The number of hydrogen-bond acceptors (Lipinski definition) is 4. The summed E-state index contributed by atoms with van der Waals surface area (Å²) in [6.07, 6.45) is 6.95. The molecule has 0 spiro atoms. The molecule has 3 heterocycles. The van der Waals surface area contributed by atoms with Gasteiger partial charge in [0.15, 0.2) is 0 Å². The average molecular weight is 287 g/mol. The Bertz CT molecular complexity index is 556. The van der Waals surface area contributed by atoms with Crippen LogP contribution in [0.25, 0.3) is 0 Å². The number of nitrogens with zero attached hydrogens (tertiary/aromatic N) is 3. The van der Waals surface area contributed by atoms with Crippen molar-refractivity contribution >= 4 is 17.2 Å². The van der Waals surface area contributed by atoms with E-state index in [9.17, 15) is 4.79 Å². The molecule has 4 nitrogen and oxygen atoms in total. The van der Waals surface area contributed by atoms with Crippen molar-refractivity contribution in [1.82, 2.24) is 14.9 Å². The molecule has 1 saturated heterocycles. The van der Waals surface area contributed by atoms with Crippen LogP contribution in [0, 0.1) is 5.92 Å². The number of amides is 1. The highest BCUT2D eigenvalue weighted by Gasteiger charge is 2.25. The van der Waals surface area contributed by atoms with Crippen LogP contribution in [-0.4, -0.2) is 33.9 Å². The van der Waals surface area contributed by atoms with Crippen LogP contribution in [0.1, 0.15) is 28.9 Å². The summed E-state index contributed by atoms with van der Waals surface area (Å²) in [6, 6.07) is 4.07. The zero-order valence-electron chi connectivity index (χ0n) is 11.2. The summed E-state index contributed by atoms with van der Waals surface area (Å²) in [5, 5.41) is 1.83. The molecular weight excluding hydrogens is 270 g/mol. The van der Waals surface area contributed by atoms with Crippen LogP contribution in [0.15, 0.2) is 35.4 Å². The molecule has 5 heteroatoms. The molecule has 0 saturated carbocycles. The number of aromatic nitrogens is 2. The number of carbonyl (C=O) groups excluding carboxylic acids is 1. The highest BCUT2D eigenvalue weighted by molar-refractivity contribution is 7.07. The highest BCUT2D eigenvalue weighted by Crippen LogP contribution is 2.22. The quantitative estimate of drug-likeness (QED) is 0.872. The Morgan fingerprint density at radius 3 is 3.20 bits per heavy atom. The van der Waals surface area contributed by atoms with Crippen LogP contribution < -0.4 is 0 Å². The van der Waals surface area contributed by atoms with Gasteiger partial charge >= 0.3 is 0 Å². The Labute approximate surface area is 122 Å². The summed E-state index contributed by atoms with van der Waals surface area (Å²) >= 11 is 1.47. The van der Waals surface area contributed by atoms with E-state index in [1.807, 2.05) is 22.5 Å². The zero-order valence-corrected chi connectivity index (χ0v) is 12.1. The summed E-state index contributed by atoms with van der Waals surface area (Å²) in [5.41, 5.74) is 3.54. The number of hydrogen-bond donors (Lipinski definition) is 0. The van der Waals surface area contributed by atoms with E-state index >= 15 is 0 Å². The van der Waals surface area contributed by atoms with Gasteiger partial charge in [0.1, 0.15) is 5.69 Å². The van der Waals surface area contributed by atoms with Gasteiger partial charge in [-0.05, 0) is 36.8 Å². The summed E-state index contributed by atoms with van der Waals surface area (Å²) in [4.78, 5) is 22.5. The maximum Gasteiger partial charge on any atom is 0.273 e. The second-order valence-corrected chi connectivity index (χ2v) is 5.92. The molecule has 0 aliphatic carbocycles. The fourth-order valence-corrected chi connectivity index (χ4v) is 3.27. The van der Waals surface area contributed by atoms with Crippen LogP contribution in [0.5, 0.6) is 0 Å². The van der Waals surface area contributed by atoms with E-state index in [2.05, 4.69) is 16.0 Å². The van der Waals surface area contributed by atoms with Crippen LogP contribution in [0.4, 0.5) is 0 Å². The summed E-state index contributed by atoms with van der Waals surface area (Å²) in [5.74, 6) is 0.595. The normalized spacial score (nSPS) is 19.0. The predicted octanol–water partition coefficient (Wildman–Crippen LogP) is 2.63. The van der Waals surface area contributed by atoms with Crippen LogP contribution in [0.3, 0.4) is 0 Å². The van der Waals surface area contributed by atoms with Gasteiger partial charge < -0.3 is 4.90 Å². The van der Waals surface area contributed by atoms with Gasteiger partial charge in [-0.25, -0.2) is 4.98 Å². The molecule has 0 aromatic carbocycles. The standard InChI is InChI=1S/C15H17N3OS/c19-15(14-10-20-11-17-14)18-6-2-4-13(9-18)7-12-3-1-5-16-8-12/h1,3,5,8,10-11,13H,2,4,6-7,9H2/t13-/m0/s1. The van der Waals surface area contributed by atoms with Gasteiger partial charge in [-0.2, -0.15) is 0 Å². The van der Waals surface area contributed by atoms with Crippen LogP contribution in [0.2, 0.25) is 0 Å². The van der Waals surface area contributed by atoms with Crippen LogP contribution >= 0.6 is 11.3 Å². The van der Waals surface area contributed by atoms with Gasteiger partial charge in [0.2, 0.25) is 0 Å². The maximum absolute atomic E-state index is 12.3. The lowest BCUT2D eigenvalue weighted by Crippen LogP contribution is -2.40. The Morgan fingerprint density at radius 2 is 2.45 bits per heavy atom. The van der Waals surface area contributed by atoms with E-state index in [-0.39, 0.29) is 5.91 Å². The van der Waals surface area contributed by atoms with Crippen molar-refractivity contribution in [3.8, 4) is 0 Å². The largest absolute Gasteiger partial charge is 0.337 e. The minimum atomic E-state index is 0.0714. The first-order valence-corrected chi connectivity index (χ1v) is 7.83. The maximum atomic E-state index is 12.3. The zero-order chi connectivity index (χ0) is 13.8. The number of rotatable bonds is 3. The van der Waals surface area contributed by atoms with Crippen molar-refractivity contribution in [2.45, 2.75) is 19.3 Å². The Morgan fingerprint density at radius 1 is 1.50 bits per heavy atom. The molecule has 104 valence electrons. The van der Waals surface area contributed by atoms with Gasteiger partial charge in [-0.15, -0.1) is 11.3 Å². The SMILES string of the molecule is O=C(c1cscn1)N1CCC[C@@H](Cc2cccnc2)C1. The molecule has 1 aliphatic heterocycles. The smallest absolute Gasteiger partial charge is 0.273 e. The number of carbonyl (C=O) groups is 1. The molecule has 2 aromatic heterocycles. The van der Waals surface area contributed by atoms with Gasteiger partial charge in [0, 0.05) is 30.9 Å². The molecule has 1 atom stereocenters. The molecule has 0 unspecified atom stereocenters. The Balaban J connectivity index is 1.63. The van der Waals surface area contributed by atoms with Crippen LogP contribution in [-0.2, 0) is 6.42 Å². The molecule has 2 aromatic rings. The van der Waals surface area contributed by atoms with Gasteiger partial charge in [0.05, 0.1) is 5.51 Å².